The smallest absolute Gasteiger partial charge is 0.387 e. The van der Waals surface area contributed by atoms with E-state index in [9.17, 15) is 13.6 Å². The molecule has 0 aliphatic carbocycles. The first-order valence-electron chi connectivity index (χ1n) is 4.17. The molecule has 2 nitrogen and oxygen atoms in total. The summed E-state index contributed by atoms with van der Waals surface area (Å²) in [5.74, 6) is -0.332. The van der Waals surface area contributed by atoms with Gasteiger partial charge < -0.3 is 4.74 Å². The molecular formula is C10H9F2IO2. The summed E-state index contributed by atoms with van der Waals surface area (Å²) < 4.78 is 29.2. The van der Waals surface area contributed by atoms with E-state index >= 15 is 0 Å². The molecule has 1 aromatic rings. The summed E-state index contributed by atoms with van der Waals surface area (Å²) in [6.45, 7) is 0.103. The van der Waals surface area contributed by atoms with Crippen LogP contribution in [0.4, 0.5) is 8.78 Å². The van der Waals surface area contributed by atoms with Gasteiger partial charge in [-0.25, -0.2) is 0 Å². The molecule has 0 heterocycles. The second-order valence-electron chi connectivity index (χ2n) is 3.03. The van der Waals surface area contributed by atoms with Gasteiger partial charge >= 0.3 is 6.61 Å². The fraction of sp³-hybridized carbons (Fsp3) is 0.300. The van der Waals surface area contributed by atoms with Crippen molar-refractivity contribution in [3.8, 4) is 5.75 Å². The molecule has 0 aliphatic heterocycles. The van der Waals surface area contributed by atoms with Crippen LogP contribution in [0, 0.1) is 10.5 Å². The molecule has 0 spiro atoms. The molecule has 1 rings (SSSR count). The molecule has 0 saturated carbocycles. The highest BCUT2D eigenvalue weighted by molar-refractivity contribution is 14.1. The third-order valence-electron chi connectivity index (χ3n) is 1.83. The summed E-state index contributed by atoms with van der Waals surface area (Å²) in [7, 11) is 0. The average Bonchev–Trinajstić information content (AvgIpc) is 1.99. The number of ether oxygens (including phenoxy) is 1. The number of benzene rings is 1. The molecule has 0 N–H and O–H groups in total. The predicted molar refractivity (Wildman–Crippen MR) is 60.5 cm³/mol. The van der Waals surface area contributed by atoms with Crippen LogP contribution in [0.5, 0.6) is 5.75 Å². The van der Waals surface area contributed by atoms with Crippen molar-refractivity contribution < 1.29 is 18.3 Å². The topological polar surface area (TPSA) is 26.3 Å². The fourth-order valence-electron chi connectivity index (χ4n) is 1.35. The molecule has 0 radical (unpaired) electrons. The van der Waals surface area contributed by atoms with Gasteiger partial charge in [-0.2, -0.15) is 8.78 Å². The molecule has 0 unspecified atom stereocenters. The van der Waals surface area contributed by atoms with Crippen LogP contribution >= 0.6 is 22.6 Å². The minimum absolute atomic E-state index is 0.0538. The molecule has 0 amide bonds. The lowest BCUT2D eigenvalue weighted by Gasteiger charge is -2.11. The van der Waals surface area contributed by atoms with E-state index in [0.717, 1.165) is 3.57 Å². The molecule has 0 atom stereocenters. The number of aryl methyl sites for hydroxylation is 1. The number of Topliss-reactive ketones (excluding diaryl/α,β-unsaturated/α-hetero) is 1. The van der Waals surface area contributed by atoms with Gasteiger partial charge in [-0.15, -0.1) is 0 Å². The van der Waals surface area contributed by atoms with Crippen LogP contribution in [0.15, 0.2) is 12.1 Å². The summed E-state index contributed by atoms with van der Waals surface area (Å²) in [5, 5.41) is 0. The van der Waals surface area contributed by atoms with Crippen LogP contribution in [0.3, 0.4) is 0 Å². The van der Waals surface area contributed by atoms with Crippen molar-refractivity contribution in [1.29, 1.82) is 0 Å². The number of ketones is 1. The first-order chi connectivity index (χ1) is 6.91. The Labute approximate surface area is 99.8 Å². The Morgan fingerprint density at radius 1 is 1.47 bits per heavy atom. The van der Waals surface area contributed by atoms with E-state index in [1.54, 1.807) is 13.0 Å². The highest BCUT2D eigenvalue weighted by Gasteiger charge is 2.16. The molecule has 15 heavy (non-hydrogen) atoms. The standard InChI is InChI=1S/C10H9F2IO2/c1-5-3-7(13)4-8(15-10(11)12)9(5)6(2)14/h3-4,10H,1-2H3. The highest BCUT2D eigenvalue weighted by atomic mass is 127. The van der Waals surface area contributed by atoms with Gasteiger partial charge in [0.05, 0.1) is 5.56 Å². The van der Waals surface area contributed by atoms with Gasteiger partial charge in [0.1, 0.15) is 5.75 Å². The van der Waals surface area contributed by atoms with Gasteiger partial charge in [-0.05, 0) is 54.1 Å². The fourth-order valence-corrected chi connectivity index (χ4v) is 2.10. The first-order valence-corrected chi connectivity index (χ1v) is 5.25. The zero-order valence-electron chi connectivity index (χ0n) is 8.18. The summed E-state index contributed by atoms with van der Waals surface area (Å²) >= 11 is 1.98. The van der Waals surface area contributed by atoms with Gasteiger partial charge in [0.2, 0.25) is 0 Å². The minimum Gasteiger partial charge on any atom is -0.434 e. The molecule has 0 aliphatic rings. The molecular weight excluding hydrogens is 317 g/mol. The lowest BCUT2D eigenvalue weighted by molar-refractivity contribution is -0.0502. The normalized spacial score (nSPS) is 10.5. The SMILES string of the molecule is CC(=O)c1c(C)cc(I)cc1OC(F)F. The van der Waals surface area contributed by atoms with Crippen LogP contribution in [0.1, 0.15) is 22.8 Å². The zero-order valence-corrected chi connectivity index (χ0v) is 10.3. The highest BCUT2D eigenvalue weighted by Crippen LogP contribution is 2.27. The number of rotatable bonds is 3. The Balaban J connectivity index is 3.27. The lowest BCUT2D eigenvalue weighted by Crippen LogP contribution is -2.08. The van der Waals surface area contributed by atoms with E-state index in [-0.39, 0.29) is 17.1 Å². The van der Waals surface area contributed by atoms with E-state index in [2.05, 4.69) is 4.74 Å². The van der Waals surface area contributed by atoms with Crippen molar-refractivity contribution >= 4 is 28.4 Å². The van der Waals surface area contributed by atoms with Gasteiger partial charge in [0, 0.05) is 3.57 Å². The van der Waals surface area contributed by atoms with E-state index in [1.165, 1.54) is 13.0 Å². The monoisotopic (exact) mass is 326 g/mol. The van der Waals surface area contributed by atoms with Crippen LogP contribution in [-0.2, 0) is 0 Å². The third-order valence-corrected chi connectivity index (χ3v) is 2.46. The maximum Gasteiger partial charge on any atom is 0.387 e. The molecule has 82 valence electrons. The van der Waals surface area contributed by atoms with E-state index < -0.39 is 6.61 Å². The van der Waals surface area contributed by atoms with Crippen LogP contribution in [0.25, 0.3) is 0 Å². The Morgan fingerprint density at radius 3 is 2.53 bits per heavy atom. The predicted octanol–water partition coefficient (Wildman–Crippen LogP) is 3.40. The Bertz CT molecular complexity index is 391. The number of halogens is 3. The largest absolute Gasteiger partial charge is 0.434 e. The first kappa shape index (κ1) is 12.4. The molecule has 1 aromatic carbocycles. The zero-order chi connectivity index (χ0) is 11.6. The van der Waals surface area contributed by atoms with Crippen molar-refractivity contribution in [1.82, 2.24) is 0 Å². The van der Waals surface area contributed by atoms with Gasteiger partial charge in [-0.3, -0.25) is 4.79 Å². The van der Waals surface area contributed by atoms with Crippen LogP contribution < -0.4 is 4.74 Å². The van der Waals surface area contributed by atoms with E-state index in [1.807, 2.05) is 22.6 Å². The molecule has 0 fully saturated rings. The average molecular weight is 326 g/mol. The van der Waals surface area contributed by atoms with Crippen molar-refractivity contribution in [2.45, 2.75) is 20.5 Å². The number of hydrogen-bond donors (Lipinski definition) is 0. The quantitative estimate of drug-likeness (QED) is 0.629. The Morgan fingerprint density at radius 2 is 2.07 bits per heavy atom. The number of carbonyl (C=O) groups is 1. The van der Waals surface area contributed by atoms with E-state index in [0.29, 0.717) is 5.56 Å². The third kappa shape index (κ3) is 3.12. The summed E-state index contributed by atoms with van der Waals surface area (Å²) in [6.07, 6.45) is 0. The Kier molecular flexibility index (Phi) is 4.01. The second-order valence-corrected chi connectivity index (χ2v) is 4.28. The molecule has 5 heteroatoms. The summed E-state index contributed by atoms with van der Waals surface area (Å²) in [6, 6.07) is 3.17. The maximum atomic E-state index is 12.1. The van der Waals surface area contributed by atoms with Crippen molar-refractivity contribution in [3.63, 3.8) is 0 Å². The summed E-state index contributed by atoms with van der Waals surface area (Å²) in [4.78, 5) is 11.3. The number of hydrogen-bond acceptors (Lipinski definition) is 2. The number of alkyl halides is 2. The second kappa shape index (κ2) is 4.87. The van der Waals surface area contributed by atoms with Gasteiger partial charge in [0.15, 0.2) is 5.78 Å². The molecule has 0 bridgehead atoms. The summed E-state index contributed by atoms with van der Waals surface area (Å²) in [5.41, 5.74) is 0.862. The molecule has 0 aromatic heterocycles. The maximum absolute atomic E-state index is 12.1. The van der Waals surface area contributed by atoms with Crippen molar-refractivity contribution in [3.05, 3.63) is 26.8 Å². The van der Waals surface area contributed by atoms with Gasteiger partial charge in [-0.1, -0.05) is 0 Å². The molecule has 0 saturated heterocycles. The lowest BCUT2D eigenvalue weighted by atomic mass is 10.0. The Hall–Kier alpha value is -0.720. The van der Waals surface area contributed by atoms with Crippen LogP contribution in [0.2, 0.25) is 0 Å². The van der Waals surface area contributed by atoms with Crippen molar-refractivity contribution in [2.24, 2.45) is 0 Å². The van der Waals surface area contributed by atoms with Gasteiger partial charge in [0.25, 0.3) is 0 Å². The number of carbonyl (C=O) groups excluding carboxylic acids is 1. The van der Waals surface area contributed by atoms with Crippen molar-refractivity contribution in [2.75, 3.05) is 0 Å². The van der Waals surface area contributed by atoms with E-state index in [4.69, 9.17) is 0 Å². The minimum atomic E-state index is -2.92. The van der Waals surface area contributed by atoms with Crippen LogP contribution in [-0.4, -0.2) is 12.4 Å².